The van der Waals surface area contributed by atoms with Gasteiger partial charge in [0.1, 0.15) is 17.0 Å². The number of likely N-dealkylation sites (tertiary alicyclic amines) is 1. The Morgan fingerprint density at radius 1 is 1.38 bits per heavy atom. The molecule has 1 aliphatic rings. The number of aromatic nitrogens is 1. The van der Waals surface area contributed by atoms with Gasteiger partial charge in [-0.25, -0.2) is 4.79 Å². The second-order valence-corrected chi connectivity index (χ2v) is 7.01. The fourth-order valence-corrected chi connectivity index (χ4v) is 3.38. The van der Waals surface area contributed by atoms with Crippen molar-refractivity contribution in [1.29, 1.82) is 0 Å². The molecule has 1 saturated heterocycles. The molecule has 7 heteroatoms. The summed E-state index contributed by atoms with van der Waals surface area (Å²) >= 11 is 6.19. The van der Waals surface area contributed by atoms with Crippen molar-refractivity contribution < 1.29 is 18.8 Å². The van der Waals surface area contributed by atoms with Crippen LogP contribution >= 0.6 is 11.6 Å². The smallest absolute Gasteiger partial charge is 0.344 e. The molecule has 0 unspecified atom stereocenters. The number of carbonyl (C=O) groups is 2. The van der Waals surface area contributed by atoms with Gasteiger partial charge in [0, 0.05) is 18.7 Å². The molecule has 26 heavy (non-hydrogen) atoms. The van der Waals surface area contributed by atoms with Gasteiger partial charge in [-0.05, 0) is 31.7 Å². The van der Waals surface area contributed by atoms with Gasteiger partial charge in [0.2, 0.25) is 0 Å². The standard InChI is InChI=1S/C19H21ClN2O4/c1-12-6-5-9-22(10-12)16(23)11-25-19(24)17-13(2)26-21-18(17)14-7-3-4-8-15(14)20/h3-4,7-8,12H,5-6,9-11H2,1-2H3/t12-/m1/s1. The lowest BCUT2D eigenvalue weighted by molar-refractivity contribution is -0.136. The van der Waals surface area contributed by atoms with Crippen LogP contribution in [0.5, 0.6) is 0 Å². The van der Waals surface area contributed by atoms with Crippen LogP contribution < -0.4 is 0 Å². The van der Waals surface area contributed by atoms with E-state index in [1.54, 1.807) is 36.1 Å². The van der Waals surface area contributed by atoms with E-state index in [4.69, 9.17) is 20.9 Å². The van der Waals surface area contributed by atoms with Gasteiger partial charge in [-0.1, -0.05) is 41.9 Å². The summed E-state index contributed by atoms with van der Waals surface area (Å²) in [6, 6.07) is 7.03. The number of benzene rings is 1. The second kappa shape index (κ2) is 7.91. The first-order chi connectivity index (χ1) is 12.5. The third-order valence-corrected chi connectivity index (χ3v) is 4.86. The highest BCUT2D eigenvalue weighted by Crippen LogP contribution is 2.31. The van der Waals surface area contributed by atoms with E-state index in [-0.39, 0.29) is 18.1 Å². The first-order valence-corrected chi connectivity index (χ1v) is 9.01. The first-order valence-electron chi connectivity index (χ1n) is 8.63. The van der Waals surface area contributed by atoms with Gasteiger partial charge in [-0.2, -0.15) is 0 Å². The molecule has 0 N–H and O–H groups in total. The Kier molecular flexibility index (Phi) is 5.61. The van der Waals surface area contributed by atoms with Crippen LogP contribution in [0, 0.1) is 12.8 Å². The molecule has 138 valence electrons. The highest BCUT2D eigenvalue weighted by Gasteiger charge is 2.26. The predicted octanol–water partition coefficient (Wildman–Crippen LogP) is 3.72. The topological polar surface area (TPSA) is 72.6 Å². The van der Waals surface area contributed by atoms with E-state index in [0.717, 1.165) is 12.8 Å². The predicted molar refractivity (Wildman–Crippen MR) is 96.9 cm³/mol. The van der Waals surface area contributed by atoms with Crippen LogP contribution in [-0.4, -0.2) is 41.6 Å². The molecule has 6 nitrogen and oxygen atoms in total. The number of hydrogen-bond donors (Lipinski definition) is 0. The molecular weight excluding hydrogens is 356 g/mol. The van der Waals surface area contributed by atoms with E-state index < -0.39 is 5.97 Å². The molecular formula is C19H21ClN2O4. The number of carbonyl (C=O) groups excluding carboxylic acids is 2. The maximum absolute atomic E-state index is 12.5. The Morgan fingerprint density at radius 3 is 2.88 bits per heavy atom. The van der Waals surface area contributed by atoms with Crippen LogP contribution in [0.1, 0.15) is 35.9 Å². The molecule has 1 amide bonds. The molecule has 1 aromatic heterocycles. The van der Waals surface area contributed by atoms with Gasteiger partial charge < -0.3 is 14.2 Å². The van der Waals surface area contributed by atoms with E-state index in [1.165, 1.54) is 0 Å². The number of aryl methyl sites for hydroxylation is 1. The maximum Gasteiger partial charge on any atom is 0.344 e. The van der Waals surface area contributed by atoms with Crippen molar-refractivity contribution in [3.63, 3.8) is 0 Å². The third-order valence-electron chi connectivity index (χ3n) is 4.53. The number of nitrogens with zero attached hydrogens (tertiary/aromatic N) is 2. The minimum Gasteiger partial charge on any atom is -0.452 e. The van der Waals surface area contributed by atoms with Gasteiger partial charge in [0.05, 0.1) is 5.02 Å². The molecule has 3 rings (SSSR count). The zero-order chi connectivity index (χ0) is 18.7. The van der Waals surface area contributed by atoms with Gasteiger partial charge >= 0.3 is 5.97 Å². The van der Waals surface area contributed by atoms with E-state index in [0.29, 0.717) is 41.0 Å². The Bertz CT molecular complexity index is 818. The van der Waals surface area contributed by atoms with Gasteiger partial charge in [-0.3, -0.25) is 4.79 Å². The van der Waals surface area contributed by atoms with Crippen molar-refractivity contribution in [3.05, 3.63) is 40.6 Å². The van der Waals surface area contributed by atoms with Crippen molar-refractivity contribution in [2.24, 2.45) is 5.92 Å². The Morgan fingerprint density at radius 2 is 2.15 bits per heavy atom. The number of rotatable bonds is 4. The van der Waals surface area contributed by atoms with Gasteiger partial charge in [0.15, 0.2) is 6.61 Å². The molecule has 1 aliphatic heterocycles. The van der Waals surface area contributed by atoms with Crippen LogP contribution in [0.4, 0.5) is 0 Å². The monoisotopic (exact) mass is 376 g/mol. The fourth-order valence-electron chi connectivity index (χ4n) is 3.16. The molecule has 1 aromatic carbocycles. The molecule has 0 saturated carbocycles. The van der Waals surface area contributed by atoms with Crippen molar-refractivity contribution in [1.82, 2.24) is 10.1 Å². The molecule has 2 heterocycles. The largest absolute Gasteiger partial charge is 0.452 e. The maximum atomic E-state index is 12.5. The summed E-state index contributed by atoms with van der Waals surface area (Å²) in [6.07, 6.45) is 2.09. The molecule has 0 bridgehead atoms. The quantitative estimate of drug-likeness (QED) is 0.760. The van der Waals surface area contributed by atoms with Gasteiger partial charge in [-0.15, -0.1) is 0 Å². The molecule has 0 radical (unpaired) electrons. The Balaban J connectivity index is 1.72. The van der Waals surface area contributed by atoms with E-state index >= 15 is 0 Å². The summed E-state index contributed by atoms with van der Waals surface area (Å²) in [7, 11) is 0. The summed E-state index contributed by atoms with van der Waals surface area (Å²) in [5.74, 6) is -0.0325. The zero-order valence-corrected chi connectivity index (χ0v) is 15.6. The van der Waals surface area contributed by atoms with Crippen molar-refractivity contribution in [2.75, 3.05) is 19.7 Å². The third kappa shape index (κ3) is 3.90. The SMILES string of the molecule is Cc1onc(-c2ccccc2Cl)c1C(=O)OCC(=O)N1CCC[C@@H](C)C1. The average Bonchev–Trinajstić information content (AvgIpc) is 3.01. The van der Waals surface area contributed by atoms with Crippen LogP contribution in [0.25, 0.3) is 11.3 Å². The lowest BCUT2D eigenvalue weighted by atomic mass is 10.0. The lowest BCUT2D eigenvalue weighted by Gasteiger charge is -2.30. The zero-order valence-electron chi connectivity index (χ0n) is 14.8. The lowest BCUT2D eigenvalue weighted by Crippen LogP contribution is -2.41. The first kappa shape index (κ1) is 18.5. The summed E-state index contributed by atoms with van der Waals surface area (Å²) < 4.78 is 10.4. The van der Waals surface area contributed by atoms with Crippen LogP contribution in [0.15, 0.2) is 28.8 Å². The normalized spacial score (nSPS) is 17.2. The van der Waals surface area contributed by atoms with Crippen molar-refractivity contribution in [2.45, 2.75) is 26.7 Å². The summed E-state index contributed by atoms with van der Waals surface area (Å²) in [4.78, 5) is 26.6. The Labute approximate surface area is 157 Å². The van der Waals surface area contributed by atoms with E-state index in [9.17, 15) is 9.59 Å². The Hall–Kier alpha value is -2.34. The van der Waals surface area contributed by atoms with Crippen molar-refractivity contribution >= 4 is 23.5 Å². The van der Waals surface area contributed by atoms with Crippen molar-refractivity contribution in [3.8, 4) is 11.3 Å². The number of ether oxygens (including phenoxy) is 1. The molecule has 0 spiro atoms. The van der Waals surface area contributed by atoms with E-state index in [1.807, 2.05) is 0 Å². The minimum atomic E-state index is -0.642. The summed E-state index contributed by atoms with van der Waals surface area (Å²) in [6.45, 7) is 4.85. The van der Waals surface area contributed by atoms with Gasteiger partial charge in [0.25, 0.3) is 5.91 Å². The highest BCUT2D eigenvalue weighted by atomic mass is 35.5. The molecule has 1 fully saturated rings. The number of halogens is 1. The number of hydrogen-bond acceptors (Lipinski definition) is 5. The fraction of sp³-hybridized carbons (Fsp3) is 0.421. The van der Waals surface area contributed by atoms with Crippen LogP contribution in [0.2, 0.25) is 5.02 Å². The minimum absolute atomic E-state index is 0.182. The average molecular weight is 377 g/mol. The molecule has 2 aromatic rings. The summed E-state index contributed by atoms with van der Waals surface area (Å²) in [5, 5.41) is 4.39. The molecule has 1 atom stereocenters. The van der Waals surface area contributed by atoms with Crippen LogP contribution in [0.3, 0.4) is 0 Å². The van der Waals surface area contributed by atoms with Crippen LogP contribution in [-0.2, 0) is 9.53 Å². The number of amides is 1. The van der Waals surface area contributed by atoms with E-state index in [2.05, 4.69) is 12.1 Å². The number of piperidine rings is 1. The summed E-state index contributed by atoms with van der Waals surface area (Å²) in [5.41, 5.74) is 1.09. The number of esters is 1. The highest BCUT2D eigenvalue weighted by molar-refractivity contribution is 6.33. The second-order valence-electron chi connectivity index (χ2n) is 6.61. The molecule has 0 aliphatic carbocycles.